The topological polar surface area (TPSA) is 68.1 Å². The number of aliphatic hydroxyl groups excluding tert-OH is 1. The molecule has 0 spiro atoms. The fourth-order valence-corrected chi connectivity index (χ4v) is 4.01. The molecule has 1 atom stereocenters. The number of benzene rings is 1. The minimum atomic E-state index is -0.230. The van der Waals surface area contributed by atoms with Gasteiger partial charge in [0.25, 0.3) is 0 Å². The molecule has 1 N–H and O–H groups in total. The molecule has 0 aromatic heterocycles. The summed E-state index contributed by atoms with van der Waals surface area (Å²) in [6.07, 6.45) is 3.32. The third-order valence-corrected chi connectivity index (χ3v) is 5.26. The summed E-state index contributed by atoms with van der Waals surface area (Å²) in [7, 11) is 0. The van der Waals surface area contributed by atoms with Gasteiger partial charge in [-0.15, -0.1) is 0 Å². The minimum Gasteiger partial charge on any atom is -0.462 e. The van der Waals surface area contributed by atoms with Gasteiger partial charge in [-0.2, -0.15) is 0 Å². The van der Waals surface area contributed by atoms with E-state index in [-0.39, 0.29) is 18.7 Å². The van der Waals surface area contributed by atoms with Crippen LogP contribution in [0, 0.1) is 5.92 Å². The second-order valence-electron chi connectivity index (χ2n) is 6.87. The van der Waals surface area contributed by atoms with Crippen LogP contribution in [0.4, 0.5) is 0 Å². The highest BCUT2D eigenvalue weighted by molar-refractivity contribution is 6.05. The monoisotopic (exact) mass is 329 g/mol. The van der Waals surface area contributed by atoms with Crippen molar-refractivity contribution in [3.8, 4) is 0 Å². The standard InChI is InChI=1S/C19H23NO4/c21-4-1-16-8-14-9-17-15(7-13(14)10-18(22)24-16)11-20-19(17)12-2-5-23-6-3-12/h7,9,12,16,21H,1-6,8,10-11H2. The van der Waals surface area contributed by atoms with Gasteiger partial charge in [-0.1, -0.05) is 6.07 Å². The first kappa shape index (κ1) is 15.8. The molecule has 1 saturated heterocycles. The molecule has 128 valence electrons. The zero-order valence-electron chi connectivity index (χ0n) is 13.8. The summed E-state index contributed by atoms with van der Waals surface area (Å²) in [6, 6.07) is 4.36. The maximum atomic E-state index is 12.0. The second-order valence-corrected chi connectivity index (χ2v) is 6.87. The summed E-state index contributed by atoms with van der Waals surface area (Å²) in [6.45, 7) is 2.37. The van der Waals surface area contributed by atoms with Crippen molar-refractivity contribution < 1.29 is 19.4 Å². The van der Waals surface area contributed by atoms with Crippen molar-refractivity contribution >= 4 is 11.7 Å². The lowest BCUT2D eigenvalue weighted by atomic mass is 9.86. The van der Waals surface area contributed by atoms with Crippen LogP contribution in [-0.2, 0) is 33.7 Å². The highest BCUT2D eigenvalue weighted by Gasteiger charge is 2.29. The minimum absolute atomic E-state index is 0.0347. The van der Waals surface area contributed by atoms with Gasteiger partial charge in [-0.3, -0.25) is 9.79 Å². The molecule has 0 saturated carbocycles. The molecule has 24 heavy (non-hydrogen) atoms. The highest BCUT2D eigenvalue weighted by atomic mass is 16.5. The smallest absolute Gasteiger partial charge is 0.310 e. The number of hydrogen-bond donors (Lipinski definition) is 1. The van der Waals surface area contributed by atoms with Crippen molar-refractivity contribution in [2.24, 2.45) is 10.9 Å². The van der Waals surface area contributed by atoms with E-state index < -0.39 is 0 Å². The van der Waals surface area contributed by atoms with Crippen LogP contribution in [0.5, 0.6) is 0 Å². The SMILES string of the molecule is O=C1Cc2cc3c(cc2CC(CCO)O1)C(C1CCOCC1)=NC3. The molecule has 1 aromatic carbocycles. The fourth-order valence-electron chi connectivity index (χ4n) is 4.01. The van der Waals surface area contributed by atoms with Gasteiger partial charge < -0.3 is 14.6 Å². The number of hydrogen-bond acceptors (Lipinski definition) is 5. The Bertz CT molecular complexity index is 676. The Hall–Kier alpha value is -1.72. The van der Waals surface area contributed by atoms with Crippen LogP contribution in [0.25, 0.3) is 0 Å². The first-order valence-electron chi connectivity index (χ1n) is 8.82. The van der Waals surface area contributed by atoms with E-state index in [1.165, 1.54) is 22.4 Å². The fraction of sp³-hybridized carbons (Fsp3) is 0.579. The van der Waals surface area contributed by atoms with Crippen molar-refractivity contribution in [3.05, 3.63) is 34.4 Å². The predicted molar refractivity (Wildman–Crippen MR) is 89.2 cm³/mol. The lowest BCUT2D eigenvalue weighted by molar-refractivity contribution is -0.148. The van der Waals surface area contributed by atoms with Crippen LogP contribution in [0.1, 0.15) is 41.5 Å². The number of aliphatic hydroxyl groups is 1. The average Bonchev–Trinajstić information content (AvgIpc) is 2.91. The Labute approximate surface area is 141 Å². The van der Waals surface area contributed by atoms with E-state index in [1.54, 1.807) is 0 Å². The maximum Gasteiger partial charge on any atom is 0.310 e. The quantitative estimate of drug-likeness (QED) is 0.859. The molecule has 1 unspecified atom stereocenters. The zero-order chi connectivity index (χ0) is 16.5. The van der Waals surface area contributed by atoms with Crippen LogP contribution in [0.3, 0.4) is 0 Å². The summed E-state index contributed by atoms with van der Waals surface area (Å²) in [5.41, 5.74) is 5.91. The lowest BCUT2D eigenvalue weighted by Gasteiger charge is -2.23. The molecule has 0 radical (unpaired) electrons. The maximum absolute atomic E-state index is 12.0. The Morgan fingerprint density at radius 2 is 2.00 bits per heavy atom. The largest absolute Gasteiger partial charge is 0.462 e. The summed E-state index contributed by atoms with van der Waals surface area (Å²) in [4.78, 5) is 16.8. The Balaban J connectivity index is 1.65. The second kappa shape index (κ2) is 6.65. The number of fused-ring (bicyclic) bond motifs is 2. The van der Waals surface area contributed by atoms with Crippen LogP contribution in [0.15, 0.2) is 17.1 Å². The molecular formula is C19H23NO4. The summed E-state index contributed by atoms with van der Waals surface area (Å²) in [5.74, 6) is 0.283. The van der Waals surface area contributed by atoms with Crippen molar-refractivity contribution in [3.63, 3.8) is 0 Å². The van der Waals surface area contributed by atoms with Crippen LogP contribution < -0.4 is 0 Å². The van der Waals surface area contributed by atoms with E-state index in [4.69, 9.17) is 14.5 Å². The molecule has 3 aliphatic rings. The number of carbonyl (C=O) groups excluding carboxylic acids is 1. The van der Waals surface area contributed by atoms with Crippen molar-refractivity contribution in [1.82, 2.24) is 0 Å². The number of nitrogens with zero attached hydrogens (tertiary/aromatic N) is 1. The number of ether oxygens (including phenoxy) is 2. The molecule has 3 heterocycles. The number of rotatable bonds is 3. The first-order chi connectivity index (χ1) is 11.7. The van der Waals surface area contributed by atoms with Crippen molar-refractivity contribution in [1.29, 1.82) is 0 Å². The van der Waals surface area contributed by atoms with Gasteiger partial charge >= 0.3 is 5.97 Å². The van der Waals surface area contributed by atoms with Gasteiger partial charge in [0.2, 0.25) is 0 Å². The van der Waals surface area contributed by atoms with E-state index in [1.807, 2.05) is 0 Å². The molecular weight excluding hydrogens is 306 g/mol. The Morgan fingerprint density at radius 1 is 1.17 bits per heavy atom. The number of aliphatic imine (C=N–C) groups is 1. The van der Waals surface area contributed by atoms with Gasteiger partial charge in [-0.05, 0) is 35.6 Å². The van der Waals surface area contributed by atoms with Gasteiger partial charge in [-0.25, -0.2) is 0 Å². The average molecular weight is 329 g/mol. The number of cyclic esters (lactones) is 1. The third-order valence-electron chi connectivity index (χ3n) is 5.26. The van der Waals surface area contributed by atoms with Crippen molar-refractivity contribution in [2.45, 2.75) is 44.8 Å². The Kier molecular flexibility index (Phi) is 4.37. The van der Waals surface area contributed by atoms with Crippen LogP contribution >= 0.6 is 0 Å². The number of carbonyl (C=O) groups is 1. The van der Waals surface area contributed by atoms with Gasteiger partial charge in [0.1, 0.15) is 6.10 Å². The molecule has 0 bridgehead atoms. The van der Waals surface area contributed by atoms with E-state index in [9.17, 15) is 9.90 Å². The molecule has 5 nitrogen and oxygen atoms in total. The van der Waals surface area contributed by atoms with Crippen LogP contribution in [-0.4, -0.2) is 42.7 Å². The predicted octanol–water partition coefficient (Wildman–Crippen LogP) is 1.81. The lowest BCUT2D eigenvalue weighted by Crippen LogP contribution is -2.23. The molecule has 1 aromatic rings. The van der Waals surface area contributed by atoms with Gasteiger partial charge in [0, 0.05) is 49.9 Å². The van der Waals surface area contributed by atoms with E-state index >= 15 is 0 Å². The summed E-state index contributed by atoms with van der Waals surface area (Å²) >= 11 is 0. The normalized spacial score (nSPS) is 24.0. The Morgan fingerprint density at radius 3 is 2.79 bits per heavy atom. The summed E-state index contributed by atoms with van der Waals surface area (Å²) < 4.78 is 10.9. The molecule has 4 rings (SSSR count). The molecule has 0 amide bonds. The van der Waals surface area contributed by atoms with Gasteiger partial charge in [0.05, 0.1) is 13.0 Å². The third kappa shape index (κ3) is 2.98. The molecule has 0 aliphatic carbocycles. The molecule has 1 fully saturated rings. The van der Waals surface area contributed by atoms with E-state index in [0.29, 0.717) is 31.7 Å². The molecule has 5 heteroatoms. The number of esters is 1. The van der Waals surface area contributed by atoms with Crippen LogP contribution in [0.2, 0.25) is 0 Å². The zero-order valence-corrected chi connectivity index (χ0v) is 13.8. The highest BCUT2D eigenvalue weighted by Crippen LogP contribution is 2.32. The van der Waals surface area contributed by atoms with E-state index in [0.717, 1.165) is 31.6 Å². The first-order valence-corrected chi connectivity index (χ1v) is 8.82. The van der Waals surface area contributed by atoms with Crippen molar-refractivity contribution in [2.75, 3.05) is 19.8 Å². The van der Waals surface area contributed by atoms with E-state index in [2.05, 4.69) is 12.1 Å². The molecule has 3 aliphatic heterocycles. The van der Waals surface area contributed by atoms with Gasteiger partial charge in [0.15, 0.2) is 0 Å². The summed E-state index contributed by atoms with van der Waals surface area (Å²) in [5, 5.41) is 9.19.